The van der Waals surface area contributed by atoms with Crippen LogP contribution in [-0.4, -0.2) is 22.5 Å². The first kappa shape index (κ1) is 14.9. The Bertz CT molecular complexity index is 886. The Morgan fingerprint density at radius 1 is 1.08 bits per heavy atom. The maximum absolute atomic E-state index is 11.9. The molecule has 1 amide bonds. The second kappa shape index (κ2) is 6.09. The summed E-state index contributed by atoms with van der Waals surface area (Å²) in [6, 6.07) is 15.0. The lowest BCUT2D eigenvalue weighted by Crippen LogP contribution is -2.23. The van der Waals surface area contributed by atoms with Gasteiger partial charge in [-0.2, -0.15) is 0 Å². The number of anilines is 1. The molecule has 1 N–H and O–H groups in total. The zero-order chi connectivity index (χ0) is 16.5. The first-order chi connectivity index (χ1) is 11.7. The summed E-state index contributed by atoms with van der Waals surface area (Å²) in [5.74, 6) is 0.439. The molecule has 0 aliphatic carbocycles. The number of carbonyl (C=O) groups is 1. The predicted molar refractivity (Wildman–Crippen MR) is 96.2 cm³/mol. The Hall–Kier alpha value is -2.66. The molecule has 1 aliphatic rings. The van der Waals surface area contributed by atoms with Crippen molar-refractivity contribution in [1.29, 1.82) is 0 Å². The number of carbonyl (C=O) groups excluding carboxylic acids is 1. The Labute approximate surface area is 144 Å². The molecule has 4 nitrogen and oxygen atoms in total. The normalized spacial score (nSPS) is 14.3. The van der Waals surface area contributed by atoms with Gasteiger partial charge < -0.3 is 10.0 Å². The van der Waals surface area contributed by atoms with Crippen LogP contribution in [0.2, 0.25) is 0 Å². The molecule has 24 heavy (non-hydrogen) atoms. The Balaban J connectivity index is 1.65. The fourth-order valence-corrected chi connectivity index (χ4v) is 3.73. The van der Waals surface area contributed by atoms with E-state index in [0.29, 0.717) is 6.42 Å². The van der Waals surface area contributed by atoms with Crippen molar-refractivity contribution in [2.24, 2.45) is 0 Å². The van der Waals surface area contributed by atoms with E-state index < -0.39 is 0 Å². The minimum atomic E-state index is 0.190. The van der Waals surface area contributed by atoms with E-state index in [9.17, 15) is 9.90 Å². The van der Waals surface area contributed by atoms with Gasteiger partial charge in [0, 0.05) is 35.2 Å². The van der Waals surface area contributed by atoms with Crippen LogP contribution >= 0.6 is 11.3 Å². The molecule has 0 radical (unpaired) electrons. The summed E-state index contributed by atoms with van der Waals surface area (Å²) in [6.45, 7) is 0.790. The largest absolute Gasteiger partial charge is 0.508 e. The summed E-state index contributed by atoms with van der Waals surface area (Å²) in [6.07, 6.45) is 1.55. The first-order valence-corrected chi connectivity index (χ1v) is 8.74. The van der Waals surface area contributed by atoms with Crippen molar-refractivity contribution in [3.05, 3.63) is 53.9 Å². The van der Waals surface area contributed by atoms with Crippen molar-refractivity contribution in [1.82, 2.24) is 4.98 Å². The fourth-order valence-electron chi connectivity index (χ4n) is 2.90. The minimum Gasteiger partial charge on any atom is -0.508 e. The molecule has 0 spiro atoms. The smallest absolute Gasteiger partial charge is 0.227 e. The van der Waals surface area contributed by atoms with E-state index in [-0.39, 0.29) is 11.7 Å². The van der Waals surface area contributed by atoms with Gasteiger partial charge in [0.1, 0.15) is 10.8 Å². The summed E-state index contributed by atoms with van der Waals surface area (Å²) >= 11 is 1.57. The van der Waals surface area contributed by atoms with E-state index in [1.54, 1.807) is 23.5 Å². The monoisotopic (exact) mass is 336 g/mol. The molecular weight excluding hydrogens is 320 g/mol. The lowest BCUT2D eigenvalue weighted by Gasteiger charge is -2.16. The molecule has 3 aromatic rings. The van der Waals surface area contributed by atoms with Crippen LogP contribution in [0.25, 0.3) is 21.8 Å². The topological polar surface area (TPSA) is 53.4 Å². The molecule has 0 bridgehead atoms. The predicted octanol–water partition coefficient (Wildman–Crippen LogP) is 4.31. The number of phenols is 1. The number of nitrogens with zero attached hydrogens (tertiary/aromatic N) is 2. The maximum Gasteiger partial charge on any atom is 0.227 e. The minimum absolute atomic E-state index is 0.190. The molecular formula is C19H16N2O2S. The van der Waals surface area contributed by atoms with E-state index >= 15 is 0 Å². The van der Waals surface area contributed by atoms with E-state index in [4.69, 9.17) is 4.98 Å². The Kier molecular flexibility index (Phi) is 3.78. The number of hydrogen-bond donors (Lipinski definition) is 1. The number of benzene rings is 2. The van der Waals surface area contributed by atoms with Crippen LogP contribution in [-0.2, 0) is 4.79 Å². The van der Waals surface area contributed by atoms with Gasteiger partial charge in [-0.15, -0.1) is 11.3 Å². The van der Waals surface area contributed by atoms with Gasteiger partial charge in [0.15, 0.2) is 0 Å². The molecule has 120 valence electrons. The zero-order valence-corrected chi connectivity index (χ0v) is 13.8. The number of rotatable bonds is 3. The van der Waals surface area contributed by atoms with Crippen LogP contribution in [0.5, 0.6) is 5.75 Å². The average Bonchev–Trinajstić information content (AvgIpc) is 3.25. The van der Waals surface area contributed by atoms with Crippen LogP contribution in [0.1, 0.15) is 12.8 Å². The molecule has 0 saturated carbocycles. The lowest BCUT2D eigenvalue weighted by atomic mass is 10.1. The maximum atomic E-state index is 11.9. The fraction of sp³-hybridized carbons (Fsp3) is 0.158. The van der Waals surface area contributed by atoms with Crippen LogP contribution in [0.3, 0.4) is 0 Å². The van der Waals surface area contributed by atoms with Gasteiger partial charge >= 0.3 is 0 Å². The highest BCUT2D eigenvalue weighted by Gasteiger charge is 2.22. The highest BCUT2D eigenvalue weighted by atomic mass is 32.1. The molecule has 1 aromatic heterocycles. The summed E-state index contributed by atoms with van der Waals surface area (Å²) in [7, 11) is 0. The molecule has 2 aromatic carbocycles. The van der Waals surface area contributed by atoms with E-state index in [1.807, 2.05) is 46.7 Å². The third-order valence-corrected chi connectivity index (χ3v) is 5.04. The number of amides is 1. The summed E-state index contributed by atoms with van der Waals surface area (Å²) < 4.78 is 0. The Morgan fingerprint density at radius 3 is 2.67 bits per heavy atom. The quantitative estimate of drug-likeness (QED) is 0.775. The van der Waals surface area contributed by atoms with Gasteiger partial charge in [0.2, 0.25) is 5.91 Å². The van der Waals surface area contributed by atoms with Crippen molar-refractivity contribution in [2.75, 3.05) is 11.4 Å². The number of aromatic hydroxyl groups is 1. The molecule has 5 heteroatoms. The molecule has 1 aliphatic heterocycles. The molecule has 2 heterocycles. The summed E-state index contributed by atoms with van der Waals surface area (Å²) in [5, 5.41) is 12.3. The number of hydrogen-bond acceptors (Lipinski definition) is 4. The van der Waals surface area contributed by atoms with Gasteiger partial charge in [-0.3, -0.25) is 4.79 Å². The van der Waals surface area contributed by atoms with Crippen molar-refractivity contribution in [2.45, 2.75) is 12.8 Å². The Morgan fingerprint density at radius 2 is 1.92 bits per heavy atom. The molecule has 0 unspecified atom stereocenters. The highest BCUT2D eigenvalue weighted by Crippen LogP contribution is 2.32. The van der Waals surface area contributed by atoms with Gasteiger partial charge in [-0.1, -0.05) is 12.1 Å². The van der Waals surface area contributed by atoms with Crippen molar-refractivity contribution in [3.8, 4) is 27.6 Å². The third-order valence-electron chi connectivity index (χ3n) is 4.15. The van der Waals surface area contributed by atoms with Crippen molar-refractivity contribution >= 4 is 22.9 Å². The summed E-state index contributed by atoms with van der Waals surface area (Å²) in [5.41, 5.74) is 3.83. The molecule has 4 rings (SSSR count). The van der Waals surface area contributed by atoms with Crippen LogP contribution < -0.4 is 4.90 Å². The number of thiazole rings is 1. The van der Waals surface area contributed by atoms with Gasteiger partial charge in [0.25, 0.3) is 0 Å². The highest BCUT2D eigenvalue weighted by molar-refractivity contribution is 7.13. The second-order valence-electron chi connectivity index (χ2n) is 5.78. The zero-order valence-electron chi connectivity index (χ0n) is 13.0. The van der Waals surface area contributed by atoms with Crippen molar-refractivity contribution < 1.29 is 9.90 Å². The number of aromatic nitrogens is 1. The standard InChI is InChI=1S/C19H16N2O2S/c22-16-8-6-13(7-9-16)19-20-17(12-24-19)14-3-1-4-15(11-14)21-10-2-5-18(21)23/h1,3-4,6-9,11-12,22H,2,5,10H2. The number of phenolic OH excluding ortho intramolecular Hbond substituents is 1. The third kappa shape index (κ3) is 2.78. The SMILES string of the molecule is O=C1CCCN1c1cccc(-c2csc(-c3ccc(O)cc3)n2)c1. The second-order valence-corrected chi connectivity index (χ2v) is 6.64. The molecule has 1 fully saturated rings. The average molecular weight is 336 g/mol. The van der Waals surface area contributed by atoms with E-state index in [1.165, 1.54) is 0 Å². The van der Waals surface area contributed by atoms with Gasteiger partial charge in [-0.25, -0.2) is 4.98 Å². The molecule has 0 atom stereocenters. The van der Waals surface area contributed by atoms with Gasteiger partial charge in [0.05, 0.1) is 5.69 Å². The van der Waals surface area contributed by atoms with Crippen LogP contribution in [0.4, 0.5) is 5.69 Å². The first-order valence-electron chi connectivity index (χ1n) is 7.86. The summed E-state index contributed by atoms with van der Waals surface area (Å²) in [4.78, 5) is 18.5. The van der Waals surface area contributed by atoms with Crippen LogP contribution in [0.15, 0.2) is 53.9 Å². The van der Waals surface area contributed by atoms with E-state index in [2.05, 4.69) is 0 Å². The lowest BCUT2D eigenvalue weighted by molar-refractivity contribution is -0.117. The van der Waals surface area contributed by atoms with Crippen molar-refractivity contribution in [3.63, 3.8) is 0 Å². The van der Waals surface area contributed by atoms with Crippen LogP contribution in [0, 0.1) is 0 Å². The molecule has 1 saturated heterocycles. The van der Waals surface area contributed by atoms with Gasteiger partial charge in [-0.05, 0) is 42.8 Å². The van der Waals surface area contributed by atoms with E-state index in [0.717, 1.165) is 40.5 Å².